The normalized spacial score (nSPS) is 29.1. The Morgan fingerprint density at radius 3 is 2.81 bits per heavy atom. The molecule has 0 saturated carbocycles. The first kappa shape index (κ1) is 11.7. The first-order valence-electron chi connectivity index (χ1n) is 5.37. The van der Waals surface area contributed by atoms with Gasteiger partial charge in [-0.2, -0.15) is 0 Å². The van der Waals surface area contributed by atoms with Gasteiger partial charge in [0.2, 0.25) is 0 Å². The van der Waals surface area contributed by atoms with Gasteiger partial charge < -0.3 is 9.52 Å². The molecule has 0 aromatic carbocycles. The minimum Gasteiger partial charge on any atom is -0.466 e. The molecule has 2 heterocycles. The number of hydrogen-bond acceptors (Lipinski definition) is 4. The summed E-state index contributed by atoms with van der Waals surface area (Å²) in [6.45, 7) is 1.82. The quantitative estimate of drug-likeness (QED) is 0.845. The number of rotatable bonds is 2. The fourth-order valence-corrected chi connectivity index (χ4v) is 4.01. The van der Waals surface area contributed by atoms with Crippen LogP contribution in [-0.2, 0) is 16.3 Å². The standard InChI is InChI=1S/C11H16O4S/c1-9-3-4-10(15-9)7-11(12)5-2-6-16(13,14)8-11/h3-4,12H,2,5-8H2,1H3. The second-order valence-electron chi connectivity index (χ2n) is 4.61. The van der Waals surface area contributed by atoms with Crippen molar-refractivity contribution in [1.29, 1.82) is 0 Å². The number of sulfone groups is 1. The van der Waals surface area contributed by atoms with Crippen molar-refractivity contribution in [3.63, 3.8) is 0 Å². The predicted molar refractivity (Wildman–Crippen MR) is 60.0 cm³/mol. The summed E-state index contributed by atoms with van der Waals surface area (Å²) in [6.07, 6.45) is 1.32. The van der Waals surface area contributed by atoms with Crippen LogP contribution < -0.4 is 0 Å². The van der Waals surface area contributed by atoms with Crippen LogP contribution in [0.15, 0.2) is 16.5 Å². The van der Waals surface area contributed by atoms with Crippen molar-refractivity contribution in [3.05, 3.63) is 23.7 Å². The molecule has 90 valence electrons. The van der Waals surface area contributed by atoms with Gasteiger partial charge in [-0.15, -0.1) is 0 Å². The molecule has 0 radical (unpaired) electrons. The third kappa shape index (κ3) is 2.65. The Bertz CT molecular complexity index is 474. The van der Waals surface area contributed by atoms with Crippen molar-refractivity contribution in [2.75, 3.05) is 11.5 Å². The first-order chi connectivity index (χ1) is 7.39. The average Bonchev–Trinajstić information content (AvgIpc) is 2.47. The topological polar surface area (TPSA) is 67.5 Å². The van der Waals surface area contributed by atoms with Gasteiger partial charge in [0.1, 0.15) is 11.5 Å². The van der Waals surface area contributed by atoms with Crippen molar-refractivity contribution in [2.24, 2.45) is 0 Å². The van der Waals surface area contributed by atoms with Gasteiger partial charge in [-0.3, -0.25) is 0 Å². The number of aliphatic hydroxyl groups is 1. The minimum atomic E-state index is -3.10. The summed E-state index contributed by atoms with van der Waals surface area (Å²) < 4.78 is 28.3. The SMILES string of the molecule is Cc1ccc(CC2(O)CCCS(=O)(=O)C2)o1. The van der Waals surface area contributed by atoms with Crippen LogP contribution >= 0.6 is 0 Å². The largest absolute Gasteiger partial charge is 0.466 e. The molecule has 16 heavy (non-hydrogen) atoms. The zero-order valence-corrected chi connectivity index (χ0v) is 10.1. The molecule has 2 rings (SSSR count). The van der Waals surface area contributed by atoms with Gasteiger partial charge in [-0.1, -0.05) is 0 Å². The van der Waals surface area contributed by atoms with E-state index in [1.807, 2.05) is 13.0 Å². The Hall–Kier alpha value is -0.810. The van der Waals surface area contributed by atoms with E-state index in [1.165, 1.54) is 0 Å². The summed E-state index contributed by atoms with van der Waals surface area (Å²) in [5.41, 5.74) is -1.15. The van der Waals surface area contributed by atoms with E-state index in [4.69, 9.17) is 4.42 Å². The van der Waals surface area contributed by atoms with Crippen LogP contribution in [0.1, 0.15) is 24.4 Å². The highest BCUT2D eigenvalue weighted by Gasteiger charge is 2.37. The molecule has 1 aromatic heterocycles. The Morgan fingerprint density at radius 1 is 1.50 bits per heavy atom. The van der Waals surface area contributed by atoms with Gasteiger partial charge in [0, 0.05) is 6.42 Å². The molecule has 0 bridgehead atoms. The molecule has 1 aliphatic heterocycles. The molecule has 1 atom stereocenters. The second kappa shape index (κ2) is 3.89. The maximum atomic E-state index is 11.5. The van der Waals surface area contributed by atoms with Crippen LogP contribution in [0.25, 0.3) is 0 Å². The molecule has 1 aromatic rings. The number of hydrogen-bond donors (Lipinski definition) is 1. The van der Waals surface area contributed by atoms with Crippen molar-refractivity contribution in [3.8, 4) is 0 Å². The molecule has 1 unspecified atom stereocenters. The average molecular weight is 244 g/mol. The predicted octanol–water partition coefficient (Wildman–Crippen LogP) is 1.07. The van der Waals surface area contributed by atoms with E-state index in [1.54, 1.807) is 6.07 Å². The van der Waals surface area contributed by atoms with E-state index in [-0.39, 0.29) is 17.9 Å². The van der Waals surface area contributed by atoms with E-state index in [0.717, 1.165) is 5.76 Å². The maximum absolute atomic E-state index is 11.5. The molecule has 1 N–H and O–H groups in total. The lowest BCUT2D eigenvalue weighted by Gasteiger charge is -2.30. The fourth-order valence-electron chi connectivity index (χ4n) is 2.22. The van der Waals surface area contributed by atoms with Gasteiger partial charge in [0.05, 0.1) is 17.1 Å². The van der Waals surface area contributed by atoms with Gasteiger partial charge in [0.25, 0.3) is 0 Å². The van der Waals surface area contributed by atoms with Gasteiger partial charge >= 0.3 is 0 Å². The summed E-state index contributed by atoms with van der Waals surface area (Å²) in [5, 5.41) is 10.2. The van der Waals surface area contributed by atoms with Crippen molar-refractivity contribution < 1.29 is 17.9 Å². The highest BCUT2D eigenvalue weighted by molar-refractivity contribution is 7.91. The fraction of sp³-hybridized carbons (Fsp3) is 0.636. The molecule has 1 aliphatic rings. The molecule has 1 saturated heterocycles. The minimum absolute atomic E-state index is 0.153. The molecule has 0 aliphatic carbocycles. The van der Waals surface area contributed by atoms with E-state index in [0.29, 0.717) is 18.6 Å². The summed E-state index contributed by atoms with van der Waals surface area (Å²) in [7, 11) is -3.10. The van der Waals surface area contributed by atoms with E-state index in [2.05, 4.69) is 0 Å². The molecule has 5 heteroatoms. The Morgan fingerprint density at radius 2 is 2.25 bits per heavy atom. The maximum Gasteiger partial charge on any atom is 0.153 e. The van der Waals surface area contributed by atoms with E-state index < -0.39 is 15.4 Å². The lowest BCUT2D eigenvalue weighted by molar-refractivity contribution is 0.0451. The summed E-state index contributed by atoms with van der Waals surface area (Å²) in [4.78, 5) is 0. The molecule has 4 nitrogen and oxygen atoms in total. The zero-order valence-electron chi connectivity index (χ0n) is 9.27. The summed E-state index contributed by atoms with van der Waals surface area (Å²) in [6, 6.07) is 3.60. The van der Waals surface area contributed by atoms with Crippen LogP contribution in [0.5, 0.6) is 0 Å². The van der Waals surface area contributed by atoms with Gasteiger partial charge in [-0.25, -0.2) is 8.42 Å². The van der Waals surface area contributed by atoms with Crippen LogP contribution in [-0.4, -0.2) is 30.6 Å². The molecule has 0 amide bonds. The summed E-state index contributed by atoms with van der Waals surface area (Å²) >= 11 is 0. The third-order valence-corrected chi connectivity index (χ3v) is 4.77. The first-order valence-corrected chi connectivity index (χ1v) is 7.19. The number of furan rings is 1. The van der Waals surface area contributed by atoms with Crippen LogP contribution in [0.2, 0.25) is 0 Å². The van der Waals surface area contributed by atoms with E-state index >= 15 is 0 Å². The van der Waals surface area contributed by atoms with Crippen molar-refractivity contribution >= 4 is 9.84 Å². The lowest BCUT2D eigenvalue weighted by atomic mass is 9.95. The Labute approximate surface area is 95.2 Å². The zero-order chi connectivity index (χ0) is 11.8. The monoisotopic (exact) mass is 244 g/mol. The van der Waals surface area contributed by atoms with Crippen LogP contribution in [0.3, 0.4) is 0 Å². The lowest BCUT2D eigenvalue weighted by Crippen LogP contribution is -2.44. The van der Waals surface area contributed by atoms with Crippen molar-refractivity contribution in [2.45, 2.75) is 31.8 Å². The number of aryl methyl sites for hydroxylation is 1. The van der Waals surface area contributed by atoms with Gasteiger partial charge in [-0.05, 0) is 31.9 Å². The third-order valence-electron chi connectivity index (χ3n) is 2.89. The summed E-state index contributed by atoms with van der Waals surface area (Å²) in [5.74, 6) is 1.46. The Balaban J connectivity index is 2.14. The van der Waals surface area contributed by atoms with Crippen LogP contribution in [0.4, 0.5) is 0 Å². The van der Waals surface area contributed by atoms with Crippen LogP contribution in [0, 0.1) is 6.92 Å². The second-order valence-corrected chi connectivity index (χ2v) is 6.79. The Kier molecular flexibility index (Phi) is 2.84. The van der Waals surface area contributed by atoms with E-state index in [9.17, 15) is 13.5 Å². The molecule has 0 spiro atoms. The highest BCUT2D eigenvalue weighted by atomic mass is 32.2. The molecule has 1 fully saturated rings. The van der Waals surface area contributed by atoms with Gasteiger partial charge in [0.15, 0.2) is 9.84 Å². The molecular formula is C11H16O4S. The van der Waals surface area contributed by atoms with Crippen molar-refractivity contribution in [1.82, 2.24) is 0 Å². The smallest absolute Gasteiger partial charge is 0.153 e. The molecular weight excluding hydrogens is 228 g/mol. The highest BCUT2D eigenvalue weighted by Crippen LogP contribution is 2.27.